The number of carbonyl (C=O) groups excluding carboxylic acids is 3. The normalized spacial score (nSPS) is 18.3. The SMILES string of the molecule is CN1C(=O)c2ccc(NC(=O)CN3CCCC(c4nc(-c5cccc(F)c5)no4)C3)cc2C1=O. The molecule has 1 saturated heterocycles. The Bertz CT molecular complexity index is 1290. The van der Waals surface area contributed by atoms with Gasteiger partial charge in [0.25, 0.3) is 11.8 Å². The lowest BCUT2D eigenvalue weighted by Crippen LogP contribution is -2.39. The first-order valence-electron chi connectivity index (χ1n) is 11.0. The Morgan fingerprint density at radius 3 is 2.82 bits per heavy atom. The summed E-state index contributed by atoms with van der Waals surface area (Å²) in [4.78, 5) is 44.4. The summed E-state index contributed by atoms with van der Waals surface area (Å²) < 4.78 is 18.9. The van der Waals surface area contributed by atoms with Gasteiger partial charge in [-0.2, -0.15) is 4.98 Å². The summed E-state index contributed by atoms with van der Waals surface area (Å²) in [5.74, 6) is -0.557. The monoisotopic (exact) mass is 463 g/mol. The minimum absolute atomic E-state index is 0.0319. The lowest BCUT2D eigenvalue weighted by Gasteiger charge is -2.30. The molecule has 2 aliphatic heterocycles. The van der Waals surface area contributed by atoms with Crippen LogP contribution in [0.4, 0.5) is 10.1 Å². The number of carbonyl (C=O) groups is 3. The van der Waals surface area contributed by atoms with Crippen molar-refractivity contribution in [1.29, 1.82) is 0 Å². The molecule has 3 amide bonds. The largest absolute Gasteiger partial charge is 0.339 e. The van der Waals surface area contributed by atoms with Gasteiger partial charge in [0.15, 0.2) is 0 Å². The predicted molar refractivity (Wildman–Crippen MR) is 120 cm³/mol. The fourth-order valence-electron chi connectivity index (χ4n) is 4.39. The fourth-order valence-corrected chi connectivity index (χ4v) is 4.39. The number of benzene rings is 2. The molecular weight excluding hydrogens is 441 g/mol. The van der Waals surface area contributed by atoms with Crippen molar-refractivity contribution in [2.45, 2.75) is 18.8 Å². The van der Waals surface area contributed by atoms with Crippen LogP contribution >= 0.6 is 0 Å². The summed E-state index contributed by atoms with van der Waals surface area (Å²) >= 11 is 0. The highest BCUT2D eigenvalue weighted by molar-refractivity contribution is 6.21. The van der Waals surface area contributed by atoms with E-state index in [1.807, 2.05) is 4.90 Å². The number of anilines is 1. The Morgan fingerprint density at radius 1 is 1.18 bits per heavy atom. The summed E-state index contributed by atoms with van der Waals surface area (Å²) in [6.45, 7) is 1.47. The van der Waals surface area contributed by atoms with Crippen molar-refractivity contribution in [3.8, 4) is 11.4 Å². The maximum Gasteiger partial charge on any atom is 0.261 e. The van der Waals surface area contributed by atoms with Crippen LogP contribution in [0.1, 0.15) is 45.4 Å². The number of fused-ring (bicyclic) bond motifs is 1. The molecule has 9 nitrogen and oxygen atoms in total. The van der Waals surface area contributed by atoms with Gasteiger partial charge in [-0.3, -0.25) is 24.2 Å². The van der Waals surface area contributed by atoms with Crippen LogP contribution in [0.2, 0.25) is 0 Å². The molecule has 0 aliphatic carbocycles. The fraction of sp³-hybridized carbons (Fsp3) is 0.292. The maximum atomic E-state index is 13.5. The zero-order valence-corrected chi connectivity index (χ0v) is 18.5. The summed E-state index contributed by atoms with van der Waals surface area (Å²) in [7, 11) is 1.43. The minimum atomic E-state index is -0.382. The van der Waals surface area contributed by atoms with Gasteiger partial charge in [0.05, 0.1) is 23.6 Å². The van der Waals surface area contributed by atoms with E-state index in [2.05, 4.69) is 15.5 Å². The third kappa shape index (κ3) is 4.19. The van der Waals surface area contributed by atoms with Gasteiger partial charge in [0.1, 0.15) is 5.82 Å². The first kappa shape index (κ1) is 21.9. The Balaban J connectivity index is 1.21. The summed E-state index contributed by atoms with van der Waals surface area (Å²) in [5.41, 5.74) is 1.63. The molecule has 1 aromatic heterocycles. The molecule has 5 rings (SSSR count). The zero-order valence-electron chi connectivity index (χ0n) is 18.5. The molecule has 1 unspecified atom stereocenters. The molecule has 0 bridgehead atoms. The van der Waals surface area contributed by atoms with Gasteiger partial charge >= 0.3 is 0 Å². The molecule has 10 heteroatoms. The number of piperidine rings is 1. The first-order valence-corrected chi connectivity index (χ1v) is 11.0. The van der Waals surface area contributed by atoms with E-state index in [0.717, 1.165) is 24.3 Å². The molecule has 0 radical (unpaired) electrons. The molecule has 3 heterocycles. The standard InChI is InChI=1S/C24H22FN5O4/c1-29-23(32)18-8-7-17(11-19(18)24(29)33)26-20(31)13-30-9-3-5-15(12-30)22-27-21(28-34-22)14-4-2-6-16(25)10-14/h2,4,6-8,10-11,15H,3,5,9,12-13H2,1H3,(H,26,31). The number of nitrogens with zero attached hydrogens (tertiary/aromatic N) is 4. The Kier molecular flexibility index (Phi) is 5.66. The van der Waals surface area contributed by atoms with E-state index in [-0.39, 0.29) is 41.6 Å². The van der Waals surface area contributed by atoms with Crippen molar-refractivity contribution in [2.24, 2.45) is 0 Å². The second-order valence-electron chi connectivity index (χ2n) is 8.52. The van der Waals surface area contributed by atoms with Crippen LogP contribution in [0.3, 0.4) is 0 Å². The molecular formula is C24H22FN5O4. The molecule has 0 saturated carbocycles. The molecule has 174 valence electrons. The number of hydrogen-bond donors (Lipinski definition) is 1. The topological polar surface area (TPSA) is 109 Å². The van der Waals surface area contributed by atoms with Crippen molar-refractivity contribution in [3.63, 3.8) is 0 Å². The average molecular weight is 463 g/mol. The van der Waals surface area contributed by atoms with Crippen LogP contribution in [0.5, 0.6) is 0 Å². The molecule has 3 aromatic rings. The van der Waals surface area contributed by atoms with Crippen LogP contribution in [0.15, 0.2) is 47.0 Å². The van der Waals surface area contributed by atoms with Crippen LogP contribution in [0, 0.1) is 5.82 Å². The Morgan fingerprint density at radius 2 is 2.00 bits per heavy atom. The Hall–Kier alpha value is -3.92. The van der Waals surface area contributed by atoms with Gasteiger partial charge in [0.2, 0.25) is 17.6 Å². The zero-order chi connectivity index (χ0) is 23.8. The van der Waals surface area contributed by atoms with Gasteiger partial charge in [-0.15, -0.1) is 0 Å². The van der Waals surface area contributed by atoms with Gasteiger partial charge in [-0.05, 0) is 49.7 Å². The van der Waals surface area contributed by atoms with Crippen LogP contribution in [0.25, 0.3) is 11.4 Å². The molecule has 2 aromatic carbocycles. The van der Waals surface area contributed by atoms with E-state index >= 15 is 0 Å². The third-order valence-corrected chi connectivity index (χ3v) is 6.12. The van der Waals surface area contributed by atoms with Crippen molar-refractivity contribution >= 4 is 23.4 Å². The number of amides is 3. The van der Waals surface area contributed by atoms with Crippen LogP contribution in [-0.4, -0.2) is 64.3 Å². The van der Waals surface area contributed by atoms with Crippen molar-refractivity contribution in [2.75, 3.05) is 32.0 Å². The van der Waals surface area contributed by atoms with Gasteiger partial charge in [-0.25, -0.2) is 4.39 Å². The van der Waals surface area contributed by atoms with Crippen molar-refractivity contribution in [3.05, 3.63) is 65.3 Å². The van der Waals surface area contributed by atoms with Gasteiger partial charge in [0, 0.05) is 24.8 Å². The number of imide groups is 1. The molecule has 34 heavy (non-hydrogen) atoms. The highest BCUT2D eigenvalue weighted by Crippen LogP contribution is 2.28. The molecule has 1 atom stereocenters. The number of hydrogen-bond acceptors (Lipinski definition) is 7. The maximum absolute atomic E-state index is 13.5. The van der Waals surface area contributed by atoms with E-state index in [4.69, 9.17) is 4.52 Å². The van der Waals surface area contributed by atoms with Crippen molar-refractivity contribution in [1.82, 2.24) is 19.9 Å². The number of aromatic nitrogens is 2. The van der Waals surface area contributed by atoms with E-state index in [0.29, 0.717) is 35.1 Å². The average Bonchev–Trinajstić information content (AvgIpc) is 3.40. The minimum Gasteiger partial charge on any atom is -0.339 e. The Labute approximate surface area is 194 Å². The highest BCUT2D eigenvalue weighted by atomic mass is 19.1. The second-order valence-corrected chi connectivity index (χ2v) is 8.52. The van der Waals surface area contributed by atoms with E-state index < -0.39 is 0 Å². The first-order chi connectivity index (χ1) is 16.4. The number of likely N-dealkylation sites (tertiary alicyclic amines) is 1. The predicted octanol–water partition coefficient (Wildman–Crippen LogP) is 2.92. The van der Waals surface area contributed by atoms with E-state index in [1.54, 1.807) is 24.3 Å². The highest BCUT2D eigenvalue weighted by Gasteiger charge is 2.33. The molecule has 2 aliphatic rings. The molecule has 1 N–H and O–H groups in total. The lowest BCUT2D eigenvalue weighted by atomic mass is 9.98. The van der Waals surface area contributed by atoms with E-state index in [9.17, 15) is 18.8 Å². The van der Waals surface area contributed by atoms with Gasteiger partial charge in [-0.1, -0.05) is 17.3 Å². The molecule has 0 spiro atoms. The summed E-state index contributed by atoms with van der Waals surface area (Å²) in [6, 6.07) is 10.7. The van der Waals surface area contributed by atoms with Crippen LogP contribution in [-0.2, 0) is 4.79 Å². The van der Waals surface area contributed by atoms with Crippen LogP contribution < -0.4 is 5.32 Å². The smallest absolute Gasteiger partial charge is 0.261 e. The van der Waals surface area contributed by atoms with E-state index in [1.165, 1.54) is 25.2 Å². The van der Waals surface area contributed by atoms with Gasteiger partial charge < -0.3 is 9.84 Å². The summed E-state index contributed by atoms with van der Waals surface area (Å²) in [6.07, 6.45) is 1.70. The number of rotatable bonds is 5. The third-order valence-electron chi connectivity index (χ3n) is 6.12. The number of halogens is 1. The quantitative estimate of drug-likeness (QED) is 0.580. The second kappa shape index (κ2) is 8.79. The van der Waals surface area contributed by atoms with Crippen molar-refractivity contribution < 1.29 is 23.3 Å². The lowest BCUT2D eigenvalue weighted by molar-refractivity contribution is -0.117. The summed E-state index contributed by atoms with van der Waals surface area (Å²) in [5, 5.41) is 6.79. The molecule has 1 fully saturated rings. The number of nitrogens with one attached hydrogen (secondary N) is 1.